The lowest BCUT2D eigenvalue weighted by molar-refractivity contribution is 0.991. The van der Waals surface area contributed by atoms with Gasteiger partial charge >= 0.3 is 0 Å². The number of rotatable bonds is 3. The van der Waals surface area contributed by atoms with Gasteiger partial charge in [-0.15, -0.1) is 0 Å². The summed E-state index contributed by atoms with van der Waals surface area (Å²) in [6.07, 6.45) is 8.67. The van der Waals surface area contributed by atoms with E-state index in [-0.39, 0.29) is 0 Å². The molecule has 1 aliphatic rings. The standard InChI is InChI=1S/C37H25IN2/c38-26-12-8-13-27(23-26)40-34-20-19-25(22-33(34)32-18-9-21-39-37(32)40)36-30-16-6-4-14-28(30)35(24-10-2-1-3-11-24)29-15-5-7-17-31(29)36/h1-6,8-16,18-23H,7,17H2. The lowest BCUT2D eigenvalue weighted by Gasteiger charge is -2.23. The molecule has 0 radical (unpaired) electrons. The molecule has 3 heteroatoms. The van der Waals surface area contributed by atoms with Gasteiger partial charge in [-0.05, 0) is 122 Å². The van der Waals surface area contributed by atoms with Crippen LogP contribution in [0.4, 0.5) is 0 Å². The van der Waals surface area contributed by atoms with Crippen LogP contribution in [-0.2, 0) is 6.42 Å². The summed E-state index contributed by atoms with van der Waals surface area (Å²) in [7, 11) is 0. The van der Waals surface area contributed by atoms with Gasteiger partial charge < -0.3 is 0 Å². The molecule has 0 atom stereocenters. The van der Waals surface area contributed by atoms with E-state index >= 15 is 0 Å². The lowest BCUT2D eigenvalue weighted by atomic mass is 9.80. The van der Waals surface area contributed by atoms with E-state index in [9.17, 15) is 0 Å². The molecule has 7 aromatic rings. The van der Waals surface area contributed by atoms with Crippen molar-refractivity contribution in [2.75, 3.05) is 0 Å². The quantitative estimate of drug-likeness (QED) is 0.179. The highest BCUT2D eigenvalue weighted by Crippen LogP contribution is 2.45. The molecule has 2 heterocycles. The number of allylic oxidation sites excluding steroid dienone is 1. The van der Waals surface area contributed by atoms with Crippen molar-refractivity contribution in [2.24, 2.45) is 0 Å². The van der Waals surface area contributed by atoms with Gasteiger partial charge in [0.1, 0.15) is 5.65 Å². The Morgan fingerprint density at radius 1 is 0.650 bits per heavy atom. The van der Waals surface area contributed by atoms with Crippen molar-refractivity contribution in [2.45, 2.75) is 12.8 Å². The maximum Gasteiger partial charge on any atom is 0.145 e. The van der Waals surface area contributed by atoms with E-state index in [0.717, 1.165) is 24.2 Å². The maximum atomic E-state index is 4.84. The van der Waals surface area contributed by atoms with Crippen molar-refractivity contribution in [3.05, 3.63) is 136 Å². The number of aromatic nitrogens is 2. The Morgan fingerprint density at radius 3 is 2.30 bits per heavy atom. The summed E-state index contributed by atoms with van der Waals surface area (Å²) in [6.45, 7) is 0. The molecule has 0 spiro atoms. The first-order valence-electron chi connectivity index (χ1n) is 13.7. The van der Waals surface area contributed by atoms with Crippen molar-refractivity contribution in [3.63, 3.8) is 0 Å². The minimum Gasteiger partial charge on any atom is -0.294 e. The molecule has 0 amide bonds. The van der Waals surface area contributed by atoms with Crippen molar-refractivity contribution in [1.29, 1.82) is 0 Å². The maximum absolute atomic E-state index is 4.84. The Balaban J connectivity index is 1.45. The summed E-state index contributed by atoms with van der Waals surface area (Å²) in [5, 5.41) is 5.03. The predicted octanol–water partition coefficient (Wildman–Crippen LogP) is 10.2. The molecular formula is C37H25IN2. The van der Waals surface area contributed by atoms with Crippen molar-refractivity contribution in [1.82, 2.24) is 9.55 Å². The van der Waals surface area contributed by atoms with Gasteiger partial charge in [0.15, 0.2) is 0 Å². The lowest BCUT2D eigenvalue weighted by Crippen LogP contribution is -2.02. The monoisotopic (exact) mass is 624 g/mol. The number of hydrogen-bond acceptors (Lipinski definition) is 1. The van der Waals surface area contributed by atoms with Crippen LogP contribution in [0.5, 0.6) is 0 Å². The van der Waals surface area contributed by atoms with Gasteiger partial charge in [0.2, 0.25) is 0 Å². The SMILES string of the molecule is Ic1cccc(-n2c3ccc(-c4c5c(c(-c6ccccc6)c6ccccc46)C=CCC5)cc3c3cccnc32)c1. The summed E-state index contributed by atoms with van der Waals surface area (Å²) in [6, 6.07) is 39.7. The fraction of sp³-hybridized carbons (Fsp3) is 0.0541. The second-order valence-electron chi connectivity index (χ2n) is 10.4. The number of fused-ring (bicyclic) bond motifs is 5. The van der Waals surface area contributed by atoms with Crippen LogP contribution >= 0.6 is 22.6 Å². The normalized spacial score (nSPS) is 12.8. The third-order valence-corrected chi connectivity index (χ3v) is 8.82. The summed E-state index contributed by atoms with van der Waals surface area (Å²) >= 11 is 2.39. The number of hydrogen-bond donors (Lipinski definition) is 0. The van der Waals surface area contributed by atoms with Gasteiger partial charge in [0, 0.05) is 26.2 Å². The topological polar surface area (TPSA) is 17.8 Å². The van der Waals surface area contributed by atoms with Gasteiger partial charge in [-0.25, -0.2) is 4.98 Å². The van der Waals surface area contributed by atoms with Crippen LogP contribution in [-0.4, -0.2) is 9.55 Å². The summed E-state index contributed by atoms with van der Waals surface area (Å²) < 4.78 is 3.51. The van der Waals surface area contributed by atoms with Crippen LogP contribution in [0.2, 0.25) is 0 Å². The zero-order valence-corrected chi connectivity index (χ0v) is 24.0. The zero-order chi connectivity index (χ0) is 26.6. The van der Waals surface area contributed by atoms with Crippen molar-refractivity contribution < 1.29 is 0 Å². The van der Waals surface area contributed by atoms with Crippen LogP contribution < -0.4 is 0 Å². The molecule has 190 valence electrons. The average molecular weight is 625 g/mol. The fourth-order valence-corrected chi connectivity index (χ4v) is 7.04. The molecule has 0 bridgehead atoms. The van der Waals surface area contributed by atoms with Crippen LogP contribution in [0, 0.1) is 3.57 Å². The van der Waals surface area contributed by atoms with Crippen LogP contribution in [0.25, 0.3) is 66.7 Å². The Kier molecular flexibility index (Phi) is 5.59. The van der Waals surface area contributed by atoms with Crippen molar-refractivity contribution in [3.8, 4) is 27.9 Å². The molecule has 1 aliphatic carbocycles. The number of nitrogens with zero attached hydrogens (tertiary/aromatic N) is 2. The minimum absolute atomic E-state index is 0.992. The molecule has 0 saturated heterocycles. The zero-order valence-electron chi connectivity index (χ0n) is 21.8. The number of halogens is 1. The fourth-order valence-electron chi connectivity index (χ4n) is 6.51. The molecule has 5 aromatic carbocycles. The first kappa shape index (κ1) is 23.6. The highest BCUT2D eigenvalue weighted by Gasteiger charge is 2.22. The number of benzene rings is 5. The van der Waals surface area contributed by atoms with Gasteiger partial charge in [-0.2, -0.15) is 0 Å². The van der Waals surface area contributed by atoms with E-state index in [0.29, 0.717) is 0 Å². The molecule has 8 rings (SSSR count). The highest BCUT2D eigenvalue weighted by atomic mass is 127. The van der Waals surface area contributed by atoms with Gasteiger partial charge in [-0.1, -0.05) is 78.9 Å². The van der Waals surface area contributed by atoms with E-state index in [1.54, 1.807) is 0 Å². The van der Waals surface area contributed by atoms with Gasteiger partial charge in [0.25, 0.3) is 0 Å². The first-order valence-corrected chi connectivity index (χ1v) is 14.8. The third kappa shape index (κ3) is 3.65. The Morgan fingerprint density at radius 2 is 1.45 bits per heavy atom. The second kappa shape index (κ2) is 9.46. The molecule has 0 aliphatic heterocycles. The Hall–Kier alpha value is -4.22. The van der Waals surface area contributed by atoms with E-state index in [2.05, 4.69) is 142 Å². The van der Waals surface area contributed by atoms with Gasteiger partial charge in [-0.3, -0.25) is 4.57 Å². The first-order chi connectivity index (χ1) is 19.8. The second-order valence-corrected chi connectivity index (χ2v) is 11.7. The van der Waals surface area contributed by atoms with E-state index < -0.39 is 0 Å². The molecule has 0 N–H and O–H groups in total. The molecule has 0 saturated carbocycles. The molecule has 2 aromatic heterocycles. The molecule has 0 fully saturated rings. The Bertz CT molecular complexity index is 2120. The molecule has 2 nitrogen and oxygen atoms in total. The van der Waals surface area contributed by atoms with Crippen LogP contribution in [0.1, 0.15) is 17.5 Å². The largest absolute Gasteiger partial charge is 0.294 e. The minimum atomic E-state index is 0.992. The summed E-state index contributed by atoms with van der Waals surface area (Å²) in [5.74, 6) is 0. The van der Waals surface area contributed by atoms with Gasteiger partial charge in [0.05, 0.1) is 5.52 Å². The average Bonchev–Trinajstić information content (AvgIpc) is 3.34. The smallest absolute Gasteiger partial charge is 0.145 e. The molecular weight excluding hydrogens is 599 g/mol. The summed E-state index contributed by atoms with van der Waals surface area (Å²) in [4.78, 5) is 4.84. The Labute approximate surface area is 246 Å². The van der Waals surface area contributed by atoms with Crippen LogP contribution in [0.3, 0.4) is 0 Å². The summed E-state index contributed by atoms with van der Waals surface area (Å²) in [5.41, 5.74) is 11.3. The highest BCUT2D eigenvalue weighted by molar-refractivity contribution is 14.1. The van der Waals surface area contributed by atoms with E-state index in [1.165, 1.54) is 64.0 Å². The van der Waals surface area contributed by atoms with E-state index in [1.807, 2.05) is 12.3 Å². The van der Waals surface area contributed by atoms with Crippen molar-refractivity contribution >= 4 is 61.4 Å². The molecule has 40 heavy (non-hydrogen) atoms. The molecule has 0 unspecified atom stereocenters. The number of pyridine rings is 1. The third-order valence-electron chi connectivity index (χ3n) is 8.15. The predicted molar refractivity (Wildman–Crippen MR) is 177 cm³/mol. The van der Waals surface area contributed by atoms with Crippen LogP contribution in [0.15, 0.2) is 121 Å². The van der Waals surface area contributed by atoms with E-state index in [4.69, 9.17) is 4.98 Å².